The maximum absolute atomic E-state index is 13.3. The number of Topliss-reactive ketones (excluding diaryl/α,β-unsaturated/α-hetero) is 1. The summed E-state index contributed by atoms with van der Waals surface area (Å²) in [4.78, 5) is 31.0. The molecule has 2 heterocycles. The third kappa shape index (κ3) is 4.71. The van der Waals surface area contributed by atoms with E-state index in [1.165, 1.54) is 42.5 Å². The van der Waals surface area contributed by atoms with Gasteiger partial charge in [-0.1, -0.05) is 92.9 Å². The number of amidine groups is 1. The number of ketones is 1. The summed E-state index contributed by atoms with van der Waals surface area (Å²) in [7, 11) is 0. The van der Waals surface area contributed by atoms with Crippen LogP contribution in [0.25, 0.3) is 5.70 Å². The van der Waals surface area contributed by atoms with Crippen molar-refractivity contribution in [2.45, 2.75) is 45.2 Å². The number of amides is 1. The van der Waals surface area contributed by atoms with Crippen LogP contribution in [0, 0.1) is 0 Å². The molecule has 2 aromatic carbocycles. The maximum atomic E-state index is 13.3. The lowest BCUT2D eigenvalue weighted by Gasteiger charge is -2.33. The first-order valence-corrected chi connectivity index (χ1v) is 11.8. The summed E-state index contributed by atoms with van der Waals surface area (Å²) in [6, 6.07) is 16.4. The molecule has 2 aliphatic heterocycles. The van der Waals surface area contributed by atoms with Gasteiger partial charge < -0.3 is 0 Å². The normalized spacial score (nSPS) is 17.3. The summed E-state index contributed by atoms with van der Waals surface area (Å²) in [5, 5.41) is 10.9. The van der Waals surface area contributed by atoms with E-state index < -0.39 is 6.17 Å². The van der Waals surface area contributed by atoms with Crippen LogP contribution in [0.15, 0.2) is 64.7 Å². The van der Waals surface area contributed by atoms with Gasteiger partial charge in [-0.25, -0.2) is 10.0 Å². The first kappa shape index (κ1) is 21.3. The van der Waals surface area contributed by atoms with E-state index in [9.17, 15) is 9.59 Å². The fourth-order valence-corrected chi connectivity index (χ4v) is 4.54. The molecule has 1 amide bonds. The minimum Gasteiger partial charge on any atom is -0.298 e. The molecule has 0 aliphatic carbocycles. The summed E-state index contributed by atoms with van der Waals surface area (Å²) in [5.74, 6) is 0.434. The molecule has 0 saturated carbocycles. The largest absolute Gasteiger partial charge is 0.298 e. The van der Waals surface area contributed by atoms with E-state index in [0.29, 0.717) is 27.0 Å². The van der Waals surface area contributed by atoms with Gasteiger partial charge in [0.1, 0.15) is 5.70 Å². The molecule has 0 unspecified atom stereocenters. The van der Waals surface area contributed by atoms with Crippen molar-refractivity contribution in [2.75, 3.05) is 5.75 Å². The standard InChI is InChI=1S/C24H26N4O2S/c1-2-3-4-5-11-16-31-24-26-23(30)20-18-14-9-10-15-19(18)25-22(28(20)27-24)21(29)17-12-7-6-8-13-17/h6-10,12-15,22H,2-5,11,16H2,1H3,(H,26,27,30)/t22-/m1/s1. The number of carbonyl (C=O) groups excluding carboxylic acids is 2. The highest BCUT2D eigenvalue weighted by atomic mass is 32.2. The van der Waals surface area contributed by atoms with Crippen LogP contribution in [0.5, 0.6) is 0 Å². The molecule has 4 rings (SSSR count). The quantitative estimate of drug-likeness (QED) is 0.512. The summed E-state index contributed by atoms with van der Waals surface area (Å²) < 4.78 is 0. The molecule has 160 valence electrons. The van der Waals surface area contributed by atoms with Crippen LogP contribution in [-0.2, 0) is 4.79 Å². The second kappa shape index (κ2) is 9.92. The minimum absolute atomic E-state index is 0.185. The van der Waals surface area contributed by atoms with Crippen LogP contribution in [0.2, 0.25) is 0 Å². The number of hydrogen-bond acceptors (Lipinski definition) is 6. The van der Waals surface area contributed by atoms with E-state index in [1.54, 1.807) is 12.1 Å². The van der Waals surface area contributed by atoms with Crippen molar-refractivity contribution in [3.8, 4) is 0 Å². The van der Waals surface area contributed by atoms with Crippen molar-refractivity contribution in [1.82, 2.24) is 10.3 Å². The number of hydrogen-bond donors (Lipinski definition) is 1. The Labute approximate surface area is 186 Å². The Hall–Kier alpha value is -2.93. The fourth-order valence-electron chi connectivity index (χ4n) is 3.69. The number of nitrogens with zero attached hydrogens (tertiary/aromatic N) is 3. The minimum atomic E-state index is -0.904. The van der Waals surface area contributed by atoms with Crippen molar-refractivity contribution in [1.29, 1.82) is 0 Å². The zero-order chi connectivity index (χ0) is 21.6. The van der Waals surface area contributed by atoms with E-state index in [4.69, 9.17) is 0 Å². The summed E-state index contributed by atoms with van der Waals surface area (Å²) in [6.45, 7) is 2.20. The van der Waals surface area contributed by atoms with Gasteiger partial charge in [-0.15, -0.1) is 5.10 Å². The molecular weight excluding hydrogens is 408 g/mol. The van der Waals surface area contributed by atoms with E-state index >= 15 is 0 Å². The number of rotatable bonds is 8. The fraction of sp³-hybridized carbons (Fsp3) is 0.333. The van der Waals surface area contributed by atoms with Crippen LogP contribution >= 0.6 is 11.8 Å². The lowest BCUT2D eigenvalue weighted by atomic mass is 10.1. The van der Waals surface area contributed by atoms with Gasteiger partial charge in [-0.3, -0.25) is 14.9 Å². The Balaban J connectivity index is 1.63. The highest BCUT2D eigenvalue weighted by molar-refractivity contribution is 8.13. The number of hydrazone groups is 1. The van der Waals surface area contributed by atoms with E-state index in [0.717, 1.165) is 12.2 Å². The Morgan fingerprint density at radius 3 is 2.58 bits per heavy atom. The number of benzene rings is 2. The van der Waals surface area contributed by atoms with Crippen molar-refractivity contribution in [3.63, 3.8) is 0 Å². The molecule has 0 spiro atoms. The monoisotopic (exact) mass is 434 g/mol. The lowest BCUT2D eigenvalue weighted by molar-refractivity contribution is -0.115. The third-order valence-electron chi connectivity index (χ3n) is 5.29. The predicted molar refractivity (Wildman–Crippen MR) is 124 cm³/mol. The van der Waals surface area contributed by atoms with Crippen molar-refractivity contribution < 1.29 is 9.59 Å². The Kier molecular flexibility index (Phi) is 6.82. The summed E-state index contributed by atoms with van der Waals surface area (Å²) in [5.41, 5.74) is 0.911. The third-order valence-corrected chi connectivity index (χ3v) is 6.24. The average molecular weight is 435 g/mol. The molecule has 0 aromatic heterocycles. The molecule has 2 aromatic rings. The first-order chi connectivity index (χ1) is 15.2. The van der Waals surface area contributed by atoms with Gasteiger partial charge in [0.2, 0.25) is 11.9 Å². The van der Waals surface area contributed by atoms with E-state index in [-0.39, 0.29) is 11.7 Å². The zero-order valence-corrected chi connectivity index (χ0v) is 18.4. The molecule has 0 fully saturated rings. The van der Waals surface area contributed by atoms with Gasteiger partial charge in [0.15, 0.2) is 5.17 Å². The molecule has 31 heavy (non-hydrogen) atoms. The summed E-state index contributed by atoms with van der Waals surface area (Å²) >= 11 is 1.52. The average Bonchev–Trinajstić information content (AvgIpc) is 2.80. The molecule has 2 aliphatic rings. The predicted octanol–water partition coefficient (Wildman–Crippen LogP) is 3.04. The number of unbranched alkanes of at least 4 members (excludes halogenated alkanes) is 4. The highest BCUT2D eigenvalue weighted by Crippen LogP contribution is 2.23. The number of thioether (sulfide) groups is 1. The maximum Gasteiger partial charge on any atom is 0.276 e. The molecule has 1 atom stereocenters. The summed E-state index contributed by atoms with van der Waals surface area (Å²) in [6.07, 6.45) is 5.02. The van der Waals surface area contributed by atoms with Crippen LogP contribution in [0.4, 0.5) is 0 Å². The van der Waals surface area contributed by atoms with Crippen molar-refractivity contribution in [2.24, 2.45) is 10.1 Å². The molecule has 6 nitrogen and oxygen atoms in total. The Morgan fingerprint density at radius 2 is 1.77 bits per heavy atom. The van der Waals surface area contributed by atoms with Gasteiger partial charge in [-0.05, 0) is 12.5 Å². The molecule has 0 bridgehead atoms. The molecule has 7 heteroatoms. The SMILES string of the molecule is CCCCCCCSC1=NN2C(=c3ccccc3=N[C@H]2C(=O)c2ccccc2)C(=O)N1. The lowest BCUT2D eigenvalue weighted by Crippen LogP contribution is -2.54. The molecule has 1 N–H and O–H groups in total. The Morgan fingerprint density at radius 1 is 1.03 bits per heavy atom. The van der Waals surface area contributed by atoms with Gasteiger partial charge in [0.05, 0.1) is 5.36 Å². The highest BCUT2D eigenvalue weighted by Gasteiger charge is 2.37. The molecule has 0 radical (unpaired) electrons. The van der Waals surface area contributed by atoms with Gasteiger partial charge >= 0.3 is 0 Å². The van der Waals surface area contributed by atoms with Crippen LogP contribution in [0.3, 0.4) is 0 Å². The van der Waals surface area contributed by atoms with Gasteiger partial charge in [0.25, 0.3) is 5.91 Å². The van der Waals surface area contributed by atoms with Crippen molar-refractivity contribution in [3.05, 3.63) is 70.7 Å². The number of nitrogens with one attached hydrogen (secondary N) is 1. The van der Waals surface area contributed by atoms with E-state index in [2.05, 4.69) is 22.3 Å². The first-order valence-electron chi connectivity index (χ1n) is 10.8. The number of para-hydroxylation sites is 1. The van der Waals surface area contributed by atoms with Crippen molar-refractivity contribution >= 4 is 34.3 Å². The van der Waals surface area contributed by atoms with Crippen LogP contribution in [-0.4, -0.2) is 33.8 Å². The number of fused-ring (bicyclic) bond motifs is 2. The van der Waals surface area contributed by atoms with Gasteiger partial charge in [0, 0.05) is 16.5 Å². The van der Waals surface area contributed by atoms with Crippen LogP contribution < -0.4 is 15.9 Å². The molecule has 0 saturated heterocycles. The van der Waals surface area contributed by atoms with E-state index in [1.807, 2.05) is 42.5 Å². The zero-order valence-electron chi connectivity index (χ0n) is 17.6. The van der Waals surface area contributed by atoms with Crippen LogP contribution in [0.1, 0.15) is 49.4 Å². The smallest absolute Gasteiger partial charge is 0.276 e. The number of carbonyl (C=O) groups is 2. The van der Waals surface area contributed by atoms with Gasteiger partial charge in [-0.2, -0.15) is 0 Å². The second-order valence-electron chi connectivity index (χ2n) is 7.57. The second-order valence-corrected chi connectivity index (χ2v) is 8.65. The topological polar surface area (TPSA) is 74.1 Å². The molecular formula is C24H26N4O2S. The Bertz CT molecular complexity index is 1110.